The minimum Gasteiger partial charge on any atom is -0.497 e. The van der Waals surface area contributed by atoms with Gasteiger partial charge >= 0.3 is 0 Å². The van der Waals surface area contributed by atoms with Crippen LogP contribution in [0.5, 0.6) is 11.5 Å². The molecule has 2 N–H and O–H groups in total. The van der Waals surface area contributed by atoms with Crippen LogP contribution in [0.1, 0.15) is 12.5 Å². The Morgan fingerprint density at radius 2 is 1.72 bits per heavy atom. The van der Waals surface area contributed by atoms with Crippen LogP contribution in [0.15, 0.2) is 53.7 Å². The highest BCUT2D eigenvalue weighted by Gasteiger charge is 2.53. The molecule has 0 spiro atoms. The predicted molar refractivity (Wildman–Crippen MR) is 111 cm³/mol. The Kier molecular flexibility index (Phi) is 4.55. The van der Waals surface area contributed by atoms with E-state index in [4.69, 9.17) is 19.6 Å². The number of benzene rings is 2. The number of methoxy groups -OCH3 is 3. The maximum atomic E-state index is 13.4. The van der Waals surface area contributed by atoms with Gasteiger partial charge in [-0.1, -0.05) is 18.2 Å². The number of ketones is 1. The first-order chi connectivity index (χ1) is 13.9. The summed E-state index contributed by atoms with van der Waals surface area (Å²) in [6.07, 6.45) is 0.564. The van der Waals surface area contributed by atoms with Crippen LogP contribution < -0.4 is 19.7 Å². The topological polar surface area (TPSA) is 83.9 Å². The number of para-hydroxylation sites is 1. The summed E-state index contributed by atoms with van der Waals surface area (Å²) in [6, 6.07) is 13.1. The molecule has 0 radical (unpaired) electrons. The highest BCUT2D eigenvalue weighted by atomic mass is 16.5. The normalized spacial score (nSPS) is 23.2. The lowest BCUT2D eigenvalue weighted by Gasteiger charge is -2.33. The number of nitrogens with zero attached hydrogens (tertiary/aromatic N) is 1. The number of hydrogen-bond acceptors (Lipinski definition) is 6. The Labute approximate surface area is 169 Å². The molecule has 0 bridgehead atoms. The van der Waals surface area contributed by atoms with E-state index in [-0.39, 0.29) is 11.6 Å². The molecular weight excluding hydrogens is 370 g/mol. The number of Topliss-reactive ketones (excluding diaryl/α,β-unsaturated/α-hetero) is 1. The van der Waals surface area contributed by atoms with Gasteiger partial charge in [-0.15, -0.1) is 0 Å². The molecule has 29 heavy (non-hydrogen) atoms. The van der Waals surface area contributed by atoms with E-state index < -0.39 is 5.72 Å². The largest absolute Gasteiger partial charge is 0.497 e. The number of fused-ring (bicyclic) bond motifs is 1. The van der Waals surface area contributed by atoms with E-state index in [1.54, 1.807) is 44.2 Å². The molecule has 4 rings (SSSR count). The fourth-order valence-corrected chi connectivity index (χ4v) is 3.87. The number of nitrogens with one attached hydrogen (secondary N) is 2. The van der Waals surface area contributed by atoms with Crippen molar-refractivity contribution in [1.82, 2.24) is 0 Å². The zero-order valence-electron chi connectivity index (χ0n) is 16.8. The molecule has 7 nitrogen and oxygen atoms in total. The molecule has 1 atom stereocenters. The van der Waals surface area contributed by atoms with Gasteiger partial charge in [0.1, 0.15) is 17.3 Å². The first-order valence-corrected chi connectivity index (χ1v) is 9.23. The van der Waals surface area contributed by atoms with Gasteiger partial charge in [0, 0.05) is 43.1 Å². The van der Waals surface area contributed by atoms with Crippen molar-refractivity contribution in [2.24, 2.45) is 0 Å². The van der Waals surface area contributed by atoms with Gasteiger partial charge in [-0.3, -0.25) is 15.1 Å². The summed E-state index contributed by atoms with van der Waals surface area (Å²) in [7, 11) is 4.59. The number of carbonyl (C=O) groups is 1. The highest BCUT2D eigenvalue weighted by Crippen LogP contribution is 2.42. The molecule has 0 aromatic heterocycles. The lowest BCUT2D eigenvalue weighted by molar-refractivity contribution is -0.131. The number of anilines is 2. The molecule has 1 unspecified atom stereocenters. The zero-order chi connectivity index (χ0) is 20.8. The molecule has 2 aromatic rings. The van der Waals surface area contributed by atoms with Crippen LogP contribution in [-0.4, -0.2) is 38.7 Å². The van der Waals surface area contributed by atoms with Crippen molar-refractivity contribution in [3.63, 3.8) is 0 Å². The van der Waals surface area contributed by atoms with Crippen molar-refractivity contribution in [2.45, 2.75) is 19.1 Å². The summed E-state index contributed by atoms with van der Waals surface area (Å²) in [5, 5.41) is 12.2. The van der Waals surface area contributed by atoms with Gasteiger partial charge in [-0.05, 0) is 18.6 Å². The summed E-state index contributed by atoms with van der Waals surface area (Å²) >= 11 is 0. The Morgan fingerprint density at radius 3 is 2.31 bits per heavy atom. The quantitative estimate of drug-likeness (QED) is 0.775. The highest BCUT2D eigenvalue weighted by molar-refractivity contribution is 6.36. The Bertz CT molecular complexity index is 997. The summed E-state index contributed by atoms with van der Waals surface area (Å²) in [6.45, 7) is 1.67. The number of hydrogen-bond donors (Lipinski definition) is 2. The third kappa shape index (κ3) is 2.86. The molecule has 0 aliphatic carbocycles. The molecule has 0 saturated carbocycles. The Morgan fingerprint density at radius 1 is 1.07 bits per heavy atom. The molecule has 2 aliphatic heterocycles. The second-order valence-corrected chi connectivity index (χ2v) is 7.08. The van der Waals surface area contributed by atoms with Gasteiger partial charge in [0.2, 0.25) is 11.5 Å². The fraction of sp³-hybridized carbons (Fsp3) is 0.273. The molecule has 2 aliphatic rings. The summed E-state index contributed by atoms with van der Waals surface area (Å²) in [5.74, 6) is 0.933. The molecule has 0 amide bonds. The molecule has 1 fully saturated rings. The number of ether oxygens (including phenoxy) is 3. The number of amidine groups is 1. The minimum absolute atomic E-state index is 0.0740. The van der Waals surface area contributed by atoms with Crippen LogP contribution in [0.2, 0.25) is 0 Å². The number of allylic oxidation sites excluding steroid dienone is 1. The Balaban J connectivity index is 1.84. The van der Waals surface area contributed by atoms with E-state index in [1.807, 2.05) is 24.3 Å². The van der Waals surface area contributed by atoms with Gasteiger partial charge < -0.3 is 19.5 Å². The monoisotopic (exact) mass is 393 g/mol. The van der Waals surface area contributed by atoms with E-state index >= 15 is 0 Å². The van der Waals surface area contributed by atoms with E-state index in [0.29, 0.717) is 34.9 Å². The van der Waals surface area contributed by atoms with Gasteiger partial charge in [-0.2, -0.15) is 0 Å². The Hall–Kier alpha value is -3.32. The lowest BCUT2D eigenvalue weighted by Crippen LogP contribution is -2.49. The van der Waals surface area contributed by atoms with Crippen LogP contribution >= 0.6 is 0 Å². The number of rotatable bonds is 4. The standard InChI is InChI=1S/C22H23N3O4/c1-22(29-4)20(26)19(18-9-13-7-5-6-8-17(13)24-18)21(23)25(22)14-10-15(27-2)12-16(11-14)28-3/h5-8,10-12,23-24H,9H2,1-4H3. The zero-order valence-corrected chi connectivity index (χ0v) is 16.8. The van der Waals surface area contributed by atoms with Crippen molar-refractivity contribution in [3.8, 4) is 11.5 Å². The van der Waals surface area contributed by atoms with E-state index in [1.165, 1.54) is 7.11 Å². The minimum atomic E-state index is -1.35. The second-order valence-electron chi connectivity index (χ2n) is 7.08. The molecule has 1 saturated heterocycles. The van der Waals surface area contributed by atoms with Gasteiger partial charge in [0.25, 0.3) is 0 Å². The maximum Gasteiger partial charge on any atom is 0.221 e. The van der Waals surface area contributed by atoms with Gasteiger partial charge in [0.05, 0.1) is 25.5 Å². The first kappa shape index (κ1) is 19.0. The van der Waals surface area contributed by atoms with E-state index in [0.717, 1.165) is 11.3 Å². The fourth-order valence-electron chi connectivity index (χ4n) is 3.87. The third-order valence-electron chi connectivity index (χ3n) is 5.50. The van der Waals surface area contributed by atoms with Crippen molar-refractivity contribution < 1.29 is 19.0 Å². The molecule has 150 valence electrons. The van der Waals surface area contributed by atoms with Crippen molar-refractivity contribution in [3.05, 3.63) is 59.3 Å². The molecule has 2 aromatic carbocycles. The smallest absolute Gasteiger partial charge is 0.221 e. The summed E-state index contributed by atoms with van der Waals surface area (Å²) in [5.41, 5.74) is 2.31. The summed E-state index contributed by atoms with van der Waals surface area (Å²) in [4.78, 5) is 15.0. The van der Waals surface area contributed by atoms with Gasteiger partial charge in [-0.25, -0.2) is 0 Å². The second kappa shape index (κ2) is 6.93. The molecule has 7 heteroatoms. The van der Waals surface area contributed by atoms with Crippen LogP contribution in [-0.2, 0) is 16.0 Å². The molecule has 2 heterocycles. The van der Waals surface area contributed by atoms with Crippen molar-refractivity contribution in [1.29, 1.82) is 5.41 Å². The first-order valence-electron chi connectivity index (χ1n) is 9.23. The predicted octanol–water partition coefficient (Wildman–Crippen LogP) is 3.36. The van der Waals surface area contributed by atoms with Crippen LogP contribution in [0.4, 0.5) is 11.4 Å². The summed E-state index contributed by atoms with van der Waals surface area (Å²) < 4.78 is 16.4. The van der Waals surface area contributed by atoms with Crippen LogP contribution in [0, 0.1) is 5.41 Å². The maximum absolute atomic E-state index is 13.4. The average Bonchev–Trinajstić information content (AvgIpc) is 3.24. The SMILES string of the molecule is COc1cc(OC)cc(N2C(=N)C(=C3Cc4ccccc4N3)C(=O)C2(C)OC)c1. The van der Waals surface area contributed by atoms with Crippen molar-refractivity contribution >= 4 is 23.0 Å². The third-order valence-corrected chi connectivity index (χ3v) is 5.50. The van der Waals surface area contributed by atoms with E-state index in [2.05, 4.69) is 5.32 Å². The number of carbonyl (C=O) groups excluding carboxylic acids is 1. The lowest BCUT2D eigenvalue weighted by atomic mass is 10.0. The van der Waals surface area contributed by atoms with E-state index in [9.17, 15) is 4.79 Å². The molecular formula is C22H23N3O4. The van der Waals surface area contributed by atoms with Gasteiger partial charge in [0.15, 0.2) is 0 Å². The average molecular weight is 393 g/mol. The van der Waals surface area contributed by atoms with Crippen LogP contribution in [0.25, 0.3) is 0 Å². The van der Waals surface area contributed by atoms with Crippen LogP contribution in [0.3, 0.4) is 0 Å². The van der Waals surface area contributed by atoms with Crippen molar-refractivity contribution in [2.75, 3.05) is 31.5 Å².